The minimum Gasteiger partial charge on any atom is -0.490 e. The topological polar surface area (TPSA) is 72.5 Å². The monoisotopic (exact) mass is 283 g/mol. The van der Waals surface area contributed by atoms with Gasteiger partial charge in [0, 0.05) is 6.07 Å². The third-order valence-corrected chi connectivity index (χ3v) is 2.73. The van der Waals surface area contributed by atoms with E-state index >= 15 is 0 Å². The van der Waals surface area contributed by atoms with Gasteiger partial charge in [0.2, 0.25) is 0 Å². The highest BCUT2D eigenvalue weighted by molar-refractivity contribution is 6.43. The van der Waals surface area contributed by atoms with Crippen molar-refractivity contribution < 1.29 is 14.6 Å². The molecule has 3 N–H and O–H groups in total. The van der Waals surface area contributed by atoms with Gasteiger partial charge in [-0.05, 0) is 6.07 Å². The summed E-state index contributed by atoms with van der Waals surface area (Å²) in [6, 6.07) is 1.69. The molecule has 4 nitrogen and oxygen atoms in total. The molecule has 0 fully saturated rings. The van der Waals surface area contributed by atoms with Crippen LogP contribution in [0.2, 0.25) is 15.1 Å². The van der Waals surface area contributed by atoms with Crippen molar-refractivity contribution >= 4 is 40.8 Å². The van der Waals surface area contributed by atoms with Crippen molar-refractivity contribution in [2.24, 2.45) is 5.73 Å². The summed E-state index contributed by atoms with van der Waals surface area (Å²) in [7, 11) is 0. The molecule has 7 heteroatoms. The molecule has 1 unspecified atom stereocenters. The highest BCUT2D eigenvalue weighted by Gasteiger charge is 2.14. The predicted octanol–water partition coefficient (Wildman–Crippen LogP) is 2.44. The average Bonchev–Trinajstić information content (AvgIpc) is 2.20. The molecule has 0 aliphatic rings. The first-order valence-corrected chi connectivity index (χ1v) is 5.31. The molecular formula is C9H8Cl3NO3. The van der Waals surface area contributed by atoms with E-state index in [0.29, 0.717) is 5.02 Å². The lowest BCUT2D eigenvalue weighted by atomic mass is 10.3. The molecule has 0 bridgehead atoms. The van der Waals surface area contributed by atoms with Crippen LogP contribution in [0.3, 0.4) is 0 Å². The van der Waals surface area contributed by atoms with Gasteiger partial charge < -0.3 is 15.6 Å². The summed E-state index contributed by atoms with van der Waals surface area (Å²) in [5.74, 6) is -0.913. The maximum absolute atomic E-state index is 10.4. The lowest BCUT2D eigenvalue weighted by Crippen LogP contribution is -2.36. The Morgan fingerprint density at radius 2 is 1.88 bits per heavy atom. The summed E-state index contributed by atoms with van der Waals surface area (Å²) in [5, 5.41) is 9.35. The average molecular weight is 285 g/mol. The van der Waals surface area contributed by atoms with E-state index in [1.807, 2.05) is 0 Å². The van der Waals surface area contributed by atoms with Crippen LogP contribution in [0.15, 0.2) is 12.1 Å². The summed E-state index contributed by atoms with van der Waals surface area (Å²) < 4.78 is 5.11. The molecule has 0 saturated carbocycles. The smallest absolute Gasteiger partial charge is 0.324 e. The van der Waals surface area contributed by atoms with Crippen LogP contribution in [0.1, 0.15) is 0 Å². The van der Waals surface area contributed by atoms with Gasteiger partial charge in [-0.15, -0.1) is 0 Å². The molecule has 0 aromatic heterocycles. The summed E-state index contributed by atoms with van der Waals surface area (Å²) in [6.45, 7) is -0.201. The van der Waals surface area contributed by atoms with Crippen LogP contribution >= 0.6 is 34.8 Å². The van der Waals surface area contributed by atoms with E-state index in [0.717, 1.165) is 0 Å². The van der Waals surface area contributed by atoms with Gasteiger partial charge in [0.1, 0.15) is 18.4 Å². The molecule has 88 valence electrons. The van der Waals surface area contributed by atoms with Crippen molar-refractivity contribution in [2.75, 3.05) is 6.61 Å². The molecule has 0 saturated heterocycles. The number of aliphatic carboxylic acids is 1. The van der Waals surface area contributed by atoms with Gasteiger partial charge in [-0.3, -0.25) is 4.79 Å². The Morgan fingerprint density at radius 3 is 2.44 bits per heavy atom. The lowest BCUT2D eigenvalue weighted by Gasteiger charge is -2.11. The van der Waals surface area contributed by atoms with Crippen LogP contribution in [-0.2, 0) is 4.79 Å². The molecule has 1 aromatic rings. The van der Waals surface area contributed by atoms with Crippen molar-refractivity contribution in [2.45, 2.75) is 6.04 Å². The maximum Gasteiger partial charge on any atom is 0.324 e. The zero-order valence-corrected chi connectivity index (χ0v) is 10.2. The van der Waals surface area contributed by atoms with Crippen molar-refractivity contribution in [1.82, 2.24) is 0 Å². The van der Waals surface area contributed by atoms with E-state index in [-0.39, 0.29) is 22.4 Å². The van der Waals surface area contributed by atoms with Crippen molar-refractivity contribution in [1.29, 1.82) is 0 Å². The Hall–Kier alpha value is -0.680. The van der Waals surface area contributed by atoms with Crippen LogP contribution in [-0.4, -0.2) is 23.7 Å². The second-order valence-corrected chi connectivity index (χ2v) is 4.17. The number of ether oxygens (including phenoxy) is 1. The Morgan fingerprint density at radius 1 is 1.31 bits per heavy atom. The first kappa shape index (κ1) is 13.4. The van der Waals surface area contributed by atoms with Crippen LogP contribution in [0.25, 0.3) is 0 Å². The normalized spacial score (nSPS) is 12.2. The number of benzene rings is 1. The highest BCUT2D eigenvalue weighted by Crippen LogP contribution is 2.33. The molecule has 16 heavy (non-hydrogen) atoms. The fourth-order valence-electron chi connectivity index (χ4n) is 0.866. The van der Waals surface area contributed by atoms with E-state index in [9.17, 15) is 4.79 Å². The quantitative estimate of drug-likeness (QED) is 0.833. The molecule has 1 rings (SSSR count). The van der Waals surface area contributed by atoms with Gasteiger partial charge in [0.15, 0.2) is 0 Å². The largest absolute Gasteiger partial charge is 0.490 e. The molecule has 0 amide bonds. The lowest BCUT2D eigenvalue weighted by molar-refractivity contribution is -0.139. The molecule has 1 atom stereocenters. The second-order valence-electron chi connectivity index (χ2n) is 2.95. The molecule has 0 heterocycles. The van der Waals surface area contributed by atoms with Gasteiger partial charge in [-0.2, -0.15) is 0 Å². The summed E-state index contributed by atoms with van der Waals surface area (Å²) in [5.41, 5.74) is 5.26. The van der Waals surface area contributed by atoms with Gasteiger partial charge in [-0.1, -0.05) is 34.8 Å². The third kappa shape index (κ3) is 3.42. The maximum atomic E-state index is 10.4. The standard InChI is InChI=1S/C9H8Cl3NO3/c10-4-1-6(12)8(2-5(4)11)16-3-7(13)9(14)15/h1-2,7H,3,13H2,(H,14,15). The van der Waals surface area contributed by atoms with Gasteiger partial charge in [0.05, 0.1) is 15.1 Å². The fourth-order valence-corrected chi connectivity index (χ4v) is 1.46. The number of nitrogens with two attached hydrogens (primary N) is 1. The zero-order chi connectivity index (χ0) is 12.3. The molecule has 0 aliphatic heterocycles. The molecule has 0 aliphatic carbocycles. The first-order chi connectivity index (χ1) is 7.41. The number of rotatable bonds is 4. The van der Waals surface area contributed by atoms with Crippen molar-refractivity contribution in [3.05, 3.63) is 27.2 Å². The molecule has 0 radical (unpaired) electrons. The van der Waals surface area contributed by atoms with E-state index in [1.54, 1.807) is 0 Å². The highest BCUT2D eigenvalue weighted by atomic mass is 35.5. The molecule has 0 spiro atoms. The summed E-state index contributed by atoms with van der Waals surface area (Å²) in [6.07, 6.45) is 0. The number of carbonyl (C=O) groups is 1. The molecular weight excluding hydrogens is 276 g/mol. The van der Waals surface area contributed by atoms with E-state index in [4.69, 9.17) is 50.4 Å². The van der Waals surface area contributed by atoms with Crippen molar-refractivity contribution in [3.8, 4) is 5.75 Å². The summed E-state index contributed by atoms with van der Waals surface area (Å²) >= 11 is 17.3. The second kappa shape index (κ2) is 5.59. The number of carboxylic acid groups (broad SMARTS) is 1. The SMILES string of the molecule is NC(COc1cc(Cl)c(Cl)cc1Cl)C(=O)O. The van der Waals surface area contributed by atoms with Gasteiger partial charge >= 0.3 is 5.97 Å². The first-order valence-electron chi connectivity index (χ1n) is 4.17. The third-order valence-electron chi connectivity index (χ3n) is 1.71. The van der Waals surface area contributed by atoms with E-state index < -0.39 is 12.0 Å². The van der Waals surface area contributed by atoms with Gasteiger partial charge in [-0.25, -0.2) is 0 Å². The van der Waals surface area contributed by atoms with Crippen LogP contribution < -0.4 is 10.5 Å². The van der Waals surface area contributed by atoms with Gasteiger partial charge in [0.25, 0.3) is 0 Å². The van der Waals surface area contributed by atoms with Crippen LogP contribution in [0.5, 0.6) is 5.75 Å². The summed E-state index contributed by atoms with van der Waals surface area (Å²) in [4.78, 5) is 10.4. The number of hydrogen-bond acceptors (Lipinski definition) is 3. The van der Waals surface area contributed by atoms with E-state index in [2.05, 4.69) is 0 Å². The zero-order valence-electron chi connectivity index (χ0n) is 7.91. The number of halogens is 3. The Bertz CT molecular complexity index is 411. The Kier molecular flexibility index (Phi) is 4.68. The number of hydrogen-bond donors (Lipinski definition) is 2. The Balaban J connectivity index is 2.74. The van der Waals surface area contributed by atoms with Crippen LogP contribution in [0.4, 0.5) is 0 Å². The minimum absolute atomic E-state index is 0.201. The van der Waals surface area contributed by atoms with Crippen LogP contribution in [0, 0.1) is 0 Å². The van der Waals surface area contributed by atoms with Crippen molar-refractivity contribution in [3.63, 3.8) is 0 Å². The fraction of sp³-hybridized carbons (Fsp3) is 0.222. The molecule has 1 aromatic carbocycles. The predicted molar refractivity (Wildman–Crippen MR) is 62.6 cm³/mol. The Labute approximate surface area is 107 Å². The minimum atomic E-state index is -1.16. The van der Waals surface area contributed by atoms with E-state index in [1.165, 1.54) is 12.1 Å². The number of carboxylic acids is 1.